The van der Waals surface area contributed by atoms with Gasteiger partial charge in [-0.15, -0.1) is 21.5 Å². The molecular weight excluding hydrogens is 1580 g/mol. The number of carboxylic acids is 6. The molecule has 0 fully saturated rings. The fraction of sp³-hybridized carbons (Fsp3) is 0.0928. The molecule has 0 radical (unpaired) electrons. The largest absolute Gasteiger partial charge is 0.478 e. The summed E-state index contributed by atoms with van der Waals surface area (Å²) in [6, 6.07) is 79.4. The first-order valence-electron chi connectivity index (χ1n) is 37.6. The van der Waals surface area contributed by atoms with Crippen molar-refractivity contribution in [1.82, 2.24) is 30.6 Å². The number of H-pyrrole nitrogens is 1. The number of rotatable bonds is 26. The molecule has 0 unspecified atom stereocenters. The standard InChI is InChI=1S/C18H13NO3S.C17H13NO3.C16H12N4O3.C16H14O3.C15H13NO3.C15H12O3/c20-16(14-8-4-5-9-15(14)18(21)22)10-13-11-19-17(23-13)12-6-2-1-3-7-12;1-11-3-5-12(6-4-11)9-16(19)15-10-13(18-2)7-8-14(15)17(20)21;21-14(12-3-1-2-4-13(12)16(22)23)9-10-5-7-11(8-6-10)15-17-19-20-18-15;1-11-6-8-12(9-7-11)10-15(17)13-4-2-3-5-14(13)16(18)19;1-10-2-4-11(5-3-10)8-14(17)12-6-7-16-9-13(12)15(18)19;16-14(10-11-6-2-1-3-7-11)12-8-4-5-9-13(12)15(17)18/h1-9,11H,10H2,(H,21,22);3-8,10H,9H2,1H3,(H,20,21);1-8H,9H2,(H,22,23)(H,17,18,19,20);2-9H,10H2,1H3,(H,18,19);2-7,9H,8H2,1H3,(H,18,19);1-9H,10H2,(H,17,18). The van der Waals surface area contributed by atoms with Gasteiger partial charge in [-0.25, -0.2) is 38.6 Å². The Morgan fingerprint density at radius 2 is 0.642 bits per heavy atom. The van der Waals surface area contributed by atoms with Gasteiger partial charge in [0.2, 0.25) is 5.82 Å². The number of carbonyl (C=O) groups is 12. The average molecular weight is 1660 g/mol. The van der Waals surface area contributed by atoms with Crippen LogP contribution >= 0.6 is 11.3 Å². The van der Waals surface area contributed by atoms with E-state index >= 15 is 0 Å². The lowest BCUT2D eigenvalue weighted by Crippen LogP contribution is -2.11. The summed E-state index contributed by atoms with van der Waals surface area (Å²) in [5.41, 5.74) is 10.9. The molecule has 0 saturated carbocycles. The minimum Gasteiger partial charge on any atom is -0.478 e. The molecule has 0 aliphatic heterocycles. The molecule has 3 heterocycles. The van der Waals surface area contributed by atoms with Gasteiger partial charge in [0.25, 0.3) is 0 Å². The van der Waals surface area contributed by atoms with Crippen LogP contribution in [0.15, 0.2) is 298 Å². The number of carbonyl (C=O) groups excluding carboxylic acids is 6. The molecule has 0 atom stereocenters. The smallest absolute Gasteiger partial charge is 0.338 e. The van der Waals surface area contributed by atoms with Gasteiger partial charge in [0.05, 0.1) is 40.0 Å². The Morgan fingerprint density at radius 3 is 1.00 bits per heavy atom. The Labute approximate surface area is 708 Å². The second-order valence-electron chi connectivity index (χ2n) is 27.2. The zero-order chi connectivity index (χ0) is 88.5. The Bertz CT molecular complexity index is 6080. The van der Waals surface area contributed by atoms with Crippen molar-refractivity contribution in [3.63, 3.8) is 0 Å². The number of aromatic nitrogens is 6. The van der Waals surface area contributed by atoms with E-state index in [2.05, 4.69) is 35.4 Å². The van der Waals surface area contributed by atoms with Crippen LogP contribution in [0.3, 0.4) is 0 Å². The Morgan fingerprint density at radius 1 is 0.325 bits per heavy atom. The van der Waals surface area contributed by atoms with Crippen LogP contribution in [0.25, 0.3) is 26.8 Å². The normalized spacial score (nSPS) is 10.2. The predicted molar refractivity (Wildman–Crippen MR) is 460 cm³/mol. The zero-order valence-electron chi connectivity index (χ0n) is 66.2. The third-order valence-corrected chi connectivity index (χ3v) is 19.4. The van der Waals surface area contributed by atoms with E-state index in [4.69, 9.17) is 32.1 Å². The van der Waals surface area contributed by atoms with E-state index in [0.29, 0.717) is 5.82 Å². The molecule has 7 N–H and O–H groups in total. The summed E-state index contributed by atoms with van der Waals surface area (Å²) in [7, 11) is 0. The van der Waals surface area contributed by atoms with Crippen molar-refractivity contribution in [3.8, 4) is 22.0 Å². The number of carboxylic acid groups (broad SMARTS) is 6. The van der Waals surface area contributed by atoms with Gasteiger partial charge in [-0.2, -0.15) is 5.21 Å². The third-order valence-electron chi connectivity index (χ3n) is 18.3. The molecule has 0 saturated heterocycles. The molecule has 14 rings (SSSR count). The number of tetrazole rings is 1. The van der Waals surface area contributed by atoms with E-state index in [0.717, 1.165) is 65.5 Å². The molecule has 0 aliphatic rings. The van der Waals surface area contributed by atoms with Crippen molar-refractivity contribution in [2.24, 2.45) is 0 Å². The highest BCUT2D eigenvalue weighted by Crippen LogP contribution is 2.28. The van der Waals surface area contributed by atoms with Crippen LogP contribution in [0.4, 0.5) is 5.69 Å². The third kappa shape index (κ3) is 26.8. The summed E-state index contributed by atoms with van der Waals surface area (Å²) in [5, 5.41) is 69.1. The van der Waals surface area contributed by atoms with Crippen molar-refractivity contribution in [2.45, 2.75) is 59.3 Å². The monoisotopic (exact) mass is 1660 g/mol. The van der Waals surface area contributed by atoms with Gasteiger partial charge < -0.3 is 30.6 Å². The van der Waals surface area contributed by atoms with Gasteiger partial charge in [-0.1, -0.05) is 259 Å². The highest BCUT2D eigenvalue weighted by molar-refractivity contribution is 7.15. The highest BCUT2D eigenvalue weighted by Gasteiger charge is 2.23. The fourth-order valence-corrected chi connectivity index (χ4v) is 12.9. The van der Waals surface area contributed by atoms with Crippen LogP contribution in [0.5, 0.6) is 0 Å². The summed E-state index contributed by atoms with van der Waals surface area (Å²) in [6.45, 7) is 12.9. The van der Waals surface area contributed by atoms with Crippen LogP contribution < -0.4 is 0 Å². The summed E-state index contributed by atoms with van der Waals surface area (Å²) < 4.78 is 0. The molecule has 0 bridgehead atoms. The lowest BCUT2D eigenvalue weighted by atomic mass is 9.97. The van der Waals surface area contributed by atoms with E-state index in [1.165, 1.54) is 78.3 Å². The first-order chi connectivity index (χ1) is 59.1. The number of ketones is 6. The molecule has 11 aromatic carbocycles. The number of thiazole rings is 1. The maximum atomic E-state index is 12.4. The Hall–Kier alpha value is -16.4. The quantitative estimate of drug-likeness (QED) is 0.0195. The van der Waals surface area contributed by atoms with Crippen LogP contribution in [-0.4, -0.2) is 132 Å². The molecule has 0 spiro atoms. The second kappa shape index (κ2) is 44.8. The zero-order valence-corrected chi connectivity index (χ0v) is 67.0. The van der Waals surface area contributed by atoms with Crippen molar-refractivity contribution in [3.05, 3.63) is 425 Å². The number of benzene rings is 11. The maximum absolute atomic E-state index is 12.4. The molecule has 3 aromatic heterocycles. The number of aromatic carboxylic acids is 6. The summed E-state index contributed by atoms with van der Waals surface area (Å²) in [4.78, 5) is 152. The highest BCUT2D eigenvalue weighted by atomic mass is 32.1. The van der Waals surface area contributed by atoms with Gasteiger partial charge in [-0.3, -0.25) is 33.8 Å². The number of pyridine rings is 1. The lowest BCUT2D eigenvalue weighted by molar-refractivity contribution is 0.0682. The molecule has 123 heavy (non-hydrogen) atoms. The van der Waals surface area contributed by atoms with Crippen molar-refractivity contribution >= 4 is 87.5 Å². The van der Waals surface area contributed by atoms with Gasteiger partial charge in [0.15, 0.2) is 40.4 Å². The van der Waals surface area contributed by atoms with Gasteiger partial charge in [-0.05, 0) is 90.2 Å². The van der Waals surface area contributed by atoms with Crippen molar-refractivity contribution < 1.29 is 88.2 Å². The topological polar surface area (TPSA) is 411 Å². The molecular formula is C97H77N7O18S. The molecule has 25 nitrogen and oxygen atoms in total. The number of nitrogens with zero attached hydrogens (tertiary/aromatic N) is 6. The van der Waals surface area contributed by atoms with Crippen LogP contribution in [-0.2, 0) is 38.5 Å². The lowest BCUT2D eigenvalue weighted by Gasteiger charge is -2.06. The molecule has 0 aliphatic carbocycles. The Kier molecular flexibility index (Phi) is 33.0. The van der Waals surface area contributed by atoms with E-state index in [9.17, 15) is 62.6 Å². The van der Waals surface area contributed by atoms with E-state index in [1.807, 2.05) is 154 Å². The fourth-order valence-electron chi connectivity index (χ4n) is 12.0. The van der Waals surface area contributed by atoms with E-state index < -0.39 is 35.8 Å². The van der Waals surface area contributed by atoms with E-state index in [-0.39, 0.29) is 146 Å². The second-order valence-corrected chi connectivity index (χ2v) is 28.4. The van der Waals surface area contributed by atoms with Crippen LogP contribution in [0.1, 0.15) is 174 Å². The predicted octanol–water partition coefficient (Wildman–Crippen LogP) is 18.0. The number of aromatic amines is 1. The molecule has 0 amide bonds. The summed E-state index contributed by atoms with van der Waals surface area (Å²) >= 11 is 1.44. The molecule has 614 valence electrons. The van der Waals surface area contributed by atoms with Crippen molar-refractivity contribution in [2.75, 3.05) is 0 Å². The van der Waals surface area contributed by atoms with Gasteiger partial charge in [0, 0.05) is 107 Å². The summed E-state index contributed by atoms with van der Waals surface area (Å²) in [5.74, 6) is -7.53. The minimum atomic E-state index is -1.17. The average Bonchev–Trinajstić information content (AvgIpc) is 1.33. The number of Topliss-reactive ketones (excluding diaryl/α,β-unsaturated/α-hetero) is 6. The first-order valence-corrected chi connectivity index (χ1v) is 38.4. The SMILES string of the molecule is Cc1ccc(CC(=O)c2ccccc2C(=O)O)cc1.Cc1ccc(CC(=O)c2ccncc2C(=O)O)cc1.O=C(O)c1ccccc1C(=O)Cc1ccc(-c2nn[nH]n2)cc1.O=C(O)c1ccccc1C(=O)Cc1ccccc1.O=C(O)c1ccccc1C(=O)Cc1cnc(-c2ccccc2)s1.[C-]#[N+]c1ccc(C(=O)O)c(C(=O)Cc2ccc(C)cc2)c1. The number of aryl methyl sites for hydroxylation is 3. The van der Waals surface area contributed by atoms with Gasteiger partial charge >= 0.3 is 35.8 Å². The molecule has 26 heteroatoms. The summed E-state index contributed by atoms with van der Waals surface area (Å²) in [6.07, 6.45) is 5.29. The first kappa shape index (κ1) is 90.5. The molecule has 14 aromatic rings. The number of hydrogen-bond donors (Lipinski definition) is 7. The van der Waals surface area contributed by atoms with Gasteiger partial charge in [0.1, 0.15) is 5.01 Å². The maximum Gasteiger partial charge on any atom is 0.338 e. The Balaban J connectivity index is 0.000000168. The minimum absolute atomic E-state index is 0.0147. The van der Waals surface area contributed by atoms with E-state index in [1.54, 1.807) is 97.2 Å². The van der Waals surface area contributed by atoms with Crippen LogP contribution in [0.2, 0.25) is 0 Å². The number of nitrogens with one attached hydrogen (secondary N) is 1. The van der Waals surface area contributed by atoms with Crippen LogP contribution in [0, 0.1) is 27.3 Å². The van der Waals surface area contributed by atoms with Crippen molar-refractivity contribution in [1.29, 1.82) is 0 Å². The number of hydrogen-bond acceptors (Lipinski definition) is 18.